The molecule has 3 nitrogen and oxygen atoms in total. The number of carbonyl (C=O) groups excluding carboxylic acids is 1. The van der Waals surface area contributed by atoms with Crippen molar-refractivity contribution in [1.29, 1.82) is 0 Å². The molecule has 0 spiro atoms. The molecule has 0 radical (unpaired) electrons. The Morgan fingerprint density at radius 1 is 1.19 bits per heavy atom. The number of thiophene rings is 1. The molecule has 0 N–H and O–H groups in total. The lowest BCUT2D eigenvalue weighted by Gasteiger charge is -2.59. The van der Waals surface area contributed by atoms with Crippen LogP contribution in [0.2, 0.25) is 0 Å². The minimum absolute atomic E-state index is 0.140. The average Bonchev–Trinajstić information content (AvgIpc) is 3.25. The fourth-order valence-electron chi connectivity index (χ4n) is 6.12. The summed E-state index contributed by atoms with van der Waals surface area (Å²) in [6, 6.07) is 8.00. The normalized spacial score (nSPS) is 35.0. The van der Waals surface area contributed by atoms with Crippen LogP contribution in [-0.4, -0.2) is 15.7 Å². The standard InChI is InChI=1S/C21H24ClNO2S/c22-21-10-15-7-16(11-21)9-20(8-15,14-21)19(24)23(12-17-3-1-5-25-17)13-18-4-2-6-26-18/h1-6,15-16H,7-14H2. The summed E-state index contributed by atoms with van der Waals surface area (Å²) in [5, 5.41) is 2.07. The highest BCUT2D eigenvalue weighted by Crippen LogP contribution is 2.64. The second-order valence-corrected chi connectivity index (χ2v) is 10.5. The molecule has 2 unspecified atom stereocenters. The maximum atomic E-state index is 13.8. The second kappa shape index (κ2) is 6.13. The van der Waals surface area contributed by atoms with Crippen LogP contribution in [0.1, 0.15) is 49.2 Å². The molecule has 4 saturated carbocycles. The third-order valence-corrected chi connectivity index (χ3v) is 7.89. The average molecular weight is 390 g/mol. The van der Waals surface area contributed by atoms with Gasteiger partial charge in [-0.2, -0.15) is 0 Å². The fraction of sp³-hybridized carbons (Fsp3) is 0.571. The Kier molecular flexibility index (Phi) is 3.98. The molecule has 6 rings (SSSR count). The largest absolute Gasteiger partial charge is 0.467 e. The summed E-state index contributed by atoms with van der Waals surface area (Å²) in [4.78, 5) is 16.9. The van der Waals surface area contributed by atoms with Crippen LogP contribution in [0.15, 0.2) is 40.3 Å². The Morgan fingerprint density at radius 2 is 2.00 bits per heavy atom. The highest BCUT2D eigenvalue weighted by atomic mass is 35.5. The number of hydrogen-bond acceptors (Lipinski definition) is 3. The first-order valence-corrected chi connectivity index (χ1v) is 10.8. The van der Waals surface area contributed by atoms with E-state index in [0.29, 0.717) is 30.8 Å². The lowest BCUT2D eigenvalue weighted by molar-refractivity contribution is -0.157. The van der Waals surface area contributed by atoms with Gasteiger partial charge in [0, 0.05) is 9.75 Å². The molecule has 4 aliphatic rings. The molecule has 5 heteroatoms. The number of carbonyl (C=O) groups is 1. The molecule has 138 valence electrons. The zero-order valence-corrected chi connectivity index (χ0v) is 16.4. The summed E-state index contributed by atoms with van der Waals surface area (Å²) in [7, 11) is 0. The van der Waals surface area contributed by atoms with E-state index in [0.717, 1.165) is 37.9 Å². The van der Waals surface area contributed by atoms with E-state index < -0.39 is 0 Å². The highest BCUT2D eigenvalue weighted by molar-refractivity contribution is 7.09. The van der Waals surface area contributed by atoms with Crippen LogP contribution in [0.25, 0.3) is 0 Å². The minimum Gasteiger partial charge on any atom is -0.467 e. The zero-order chi connectivity index (χ0) is 17.8. The number of amides is 1. The number of halogens is 1. The van der Waals surface area contributed by atoms with Crippen LogP contribution in [0.5, 0.6) is 0 Å². The highest BCUT2D eigenvalue weighted by Gasteiger charge is 2.60. The van der Waals surface area contributed by atoms with Crippen LogP contribution >= 0.6 is 22.9 Å². The zero-order valence-electron chi connectivity index (χ0n) is 14.8. The number of rotatable bonds is 5. The molecule has 2 atom stereocenters. The Morgan fingerprint density at radius 3 is 2.62 bits per heavy atom. The van der Waals surface area contributed by atoms with Crippen molar-refractivity contribution in [2.24, 2.45) is 17.3 Å². The van der Waals surface area contributed by atoms with Crippen LogP contribution < -0.4 is 0 Å². The Bertz CT molecular complexity index is 735. The van der Waals surface area contributed by atoms with E-state index in [2.05, 4.69) is 11.4 Å². The van der Waals surface area contributed by atoms with Gasteiger partial charge in [0.1, 0.15) is 5.76 Å². The van der Waals surface area contributed by atoms with Crippen molar-refractivity contribution in [3.8, 4) is 0 Å². The van der Waals surface area contributed by atoms with Gasteiger partial charge in [0.25, 0.3) is 0 Å². The molecule has 26 heavy (non-hydrogen) atoms. The van der Waals surface area contributed by atoms with Gasteiger partial charge in [0.05, 0.1) is 24.8 Å². The third kappa shape index (κ3) is 2.91. The van der Waals surface area contributed by atoms with Crippen molar-refractivity contribution >= 4 is 28.8 Å². The lowest BCUT2D eigenvalue weighted by atomic mass is 9.49. The topological polar surface area (TPSA) is 33.5 Å². The first-order chi connectivity index (χ1) is 12.5. The van der Waals surface area contributed by atoms with Crippen LogP contribution in [0, 0.1) is 17.3 Å². The molecule has 4 bridgehead atoms. The maximum absolute atomic E-state index is 13.8. The van der Waals surface area contributed by atoms with E-state index >= 15 is 0 Å². The van der Waals surface area contributed by atoms with Gasteiger partial charge in [-0.3, -0.25) is 4.79 Å². The molecular weight excluding hydrogens is 366 g/mol. The van der Waals surface area contributed by atoms with Crippen molar-refractivity contribution in [1.82, 2.24) is 4.90 Å². The lowest BCUT2D eigenvalue weighted by Crippen LogP contribution is -2.58. The molecule has 2 heterocycles. The van der Waals surface area contributed by atoms with Gasteiger partial charge in [-0.1, -0.05) is 6.07 Å². The van der Waals surface area contributed by atoms with Crippen molar-refractivity contribution < 1.29 is 9.21 Å². The SMILES string of the molecule is O=C(N(Cc1ccco1)Cc1cccs1)C12CC3CC(CC(Cl)(C3)C1)C2. The number of furan rings is 1. The first kappa shape index (κ1) is 16.9. The Balaban J connectivity index is 1.44. The van der Waals surface area contributed by atoms with Gasteiger partial charge in [-0.05, 0) is 73.9 Å². The molecule has 2 aromatic rings. The van der Waals surface area contributed by atoms with Crippen LogP contribution in [0.3, 0.4) is 0 Å². The van der Waals surface area contributed by atoms with Gasteiger partial charge in [0.2, 0.25) is 5.91 Å². The van der Waals surface area contributed by atoms with Crippen LogP contribution in [0.4, 0.5) is 0 Å². The maximum Gasteiger partial charge on any atom is 0.229 e. The monoisotopic (exact) mass is 389 g/mol. The summed E-state index contributed by atoms with van der Waals surface area (Å²) >= 11 is 8.67. The Hall–Kier alpha value is -1.26. The van der Waals surface area contributed by atoms with Gasteiger partial charge in [0.15, 0.2) is 0 Å². The molecule has 2 aromatic heterocycles. The number of alkyl halides is 1. The molecular formula is C21H24ClNO2S. The van der Waals surface area contributed by atoms with E-state index in [9.17, 15) is 4.79 Å². The van der Waals surface area contributed by atoms with Gasteiger partial charge >= 0.3 is 0 Å². The van der Waals surface area contributed by atoms with Crippen molar-refractivity contribution in [3.63, 3.8) is 0 Å². The van der Waals surface area contributed by atoms with E-state index in [1.54, 1.807) is 17.6 Å². The van der Waals surface area contributed by atoms with Crippen molar-refractivity contribution in [3.05, 3.63) is 46.5 Å². The van der Waals surface area contributed by atoms with Gasteiger partial charge in [-0.15, -0.1) is 22.9 Å². The molecule has 4 fully saturated rings. The fourth-order valence-corrected chi connectivity index (χ4v) is 7.53. The predicted molar refractivity (Wildman–Crippen MR) is 103 cm³/mol. The van der Waals surface area contributed by atoms with E-state index in [4.69, 9.17) is 16.0 Å². The van der Waals surface area contributed by atoms with E-state index in [1.807, 2.05) is 23.1 Å². The predicted octanol–water partition coefficient (Wildman–Crippen LogP) is 5.45. The summed E-state index contributed by atoms with van der Waals surface area (Å²) in [6.07, 6.45) is 8.05. The number of hydrogen-bond donors (Lipinski definition) is 0. The quantitative estimate of drug-likeness (QED) is 0.637. The molecule has 0 saturated heterocycles. The minimum atomic E-state index is -0.254. The third-order valence-electron chi connectivity index (χ3n) is 6.58. The summed E-state index contributed by atoms with van der Waals surface area (Å²) < 4.78 is 5.56. The molecule has 0 aliphatic heterocycles. The molecule has 0 aromatic carbocycles. The molecule has 1 amide bonds. The molecule has 4 aliphatic carbocycles. The van der Waals surface area contributed by atoms with Gasteiger partial charge < -0.3 is 9.32 Å². The number of nitrogens with zero attached hydrogens (tertiary/aromatic N) is 1. The van der Waals surface area contributed by atoms with E-state index in [-0.39, 0.29) is 10.3 Å². The Labute approximate surface area is 163 Å². The van der Waals surface area contributed by atoms with E-state index in [1.165, 1.54) is 11.3 Å². The summed E-state index contributed by atoms with van der Waals surface area (Å²) in [6.45, 7) is 1.19. The smallest absolute Gasteiger partial charge is 0.229 e. The summed E-state index contributed by atoms with van der Waals surface area (Å²) in [5.74, 6) is 2.40. The second-order valence-electron chi connectivity index (χ2n) is 8.71. The van der Waals surface area contributed by atoms with Crippen molar-refractivity contribution in [2.45, 2.75) is 56.5 Å². The van der Waals surface area contributed by atoms with Crippen LogP contribution in [-0.2, 0) is 17.9 Å². The van der Waals surface area contributed by atoms with Crippen molar-refractivity contribution in [2.75, 3.05) is 0 Å². The first-order valence-electron chi connectivity index (χ1n) is 9.57. The van der Waals surface area contributed by atoms with Gasteiger partial charge in [-0.25, -0.2) is 0 Å². The summed E-state index contributed by atoms with van der Waals surface area (Å²) in [5.41, 5.74) is -0.254.